The average Bonchev–Trinajstić information content (AvgIpc) is 2.59. The summed E-state index contributed by atoms with van der Waals surface area (Å²) >= 11 is 0. The number of rotatable bonds is 4. The largest absolute Gasteiger partial charge is 0.379 e. The van der Waals surface area contributed by atoms with Crippen LogP contribution in [-0.4, -0.2) is 60.5 Å². The zero-order valence-corrected chi connectivity index (χ0v) is 12.4. The monoisotopic (exact) mass is 300 g/mol. The first-order chi connectivity index (χ1) is 10.8. The van der Waals surface area contributed by atoms with Crippen LogP contribution in [0.25, 0.3) is 10.8 Å². The minimum atomic E-state index is -0.356. The minimum Gasteiger partial charge on any atom is -0.379 e. The predicted octanol–water partition coefficient (Wildman–Crippen LogP) is 2.00. The van der Waals surface area contributed by atoms with E-state index in [0.717, 1.165) is 28.9 Å². The number of hydrogen-bond donors (Lipinski definition) is 1. The molecule has 1 aliphatic rings. The number of morpholine rings is 1. The van der Waals surface area contributed by atoms with E-state index in [1.165, 1.54) is 0 Å². The fourth-order valence-electron chi connectivity index (χ4n) is 2.71. The first kappa shape index (κ1) is 15.0. The number of carbonyl (C=O) groups excluding carboxylic acids is 1. The molecule has 1 N–H and O–H groups in total. The third kappa shape index (κ3) is 3.27. The number of fused-ring (bicyclic) bond motifs is 1. The Bertz CT molecular complexity index is 648. The van der Waals surface area contributed by atoms with Crippen molar-refractivity contribution in [2.75, 3.05) is 39.4 Å². The van der Waals surface area contributed by atoms with Crippen LogP contribution in [0.4, 0.5) is 0 Å². The highest BCUT2D eigenvalue weighted by atomic mass is 16.5. The summed E-state index contributed by atoms with van der Waals surface area (Å²) in [6.07, 6.45) is 0. The van der Waals surface area contributed by atoms with E-state index in [-0.39, 0.29) is 5.91 Å². The van der Waals surface area contributed by atoms with Crippen molar-refractivity contribution in [3.63, 3.8) is 0 Å². The Morgan fingerprint density at radius 1 is 1.14 bits per heavy atom. The van der Waals surface area contributed by atoms with Crippen molar-refractivity contribution in [3.8, 4) is 0 Å². The van der Waals surface area contributed by atoms with Gasteiger partial charge in [0.2, 0.25) is 0 Å². The van der Waals surface area contributed by atoms with Crippen LogP contribution in [0.15, 0.2) is 42.5 Å². The molecule has 0 aromatic heterocycles. The topological polar surface area (TPSA) is 53.0 Å². The van der Waals surface area contributed by atoms with Crippen LogP contribution < -0.4 is 0 Å². The fraction of sp³-hybridized carbons (Fsp3) is 0.353. The Labute approximate surface area is 129 Å². The lowest BCUT2D eigenvalue weighted by atomic mass is 10.0. The molecular formula is C17H20N2O3. The number of hydrogen-bond acceptors (Lipinski definition) is 4. The summed E-state index contributed by atoms with van der Waals surface area (Å²) in [6, 6.07) is 13.2. The fourth-order valence-corrected chi connectivity index (χ4v) is 2.71. The molecule has 2 aromatic rings. The highest BCUT2D eigenvalue weighted by Crippen LogP contribution is 2.19. The number of carbonyl (C=O) groups is 1. The summed E-state index contributed by atoms with van der Waals surface area (Å²) in [5.74, 6) is -0.356. The molecule has 0 radical (unpaired) electrons. The maximum Gasteiger partial charge on any atom is 0.277 e. The van der Waals surface area contributed by atoms with Crippen LogP contribution in [0, 0.1) is 0 Å². The molecule has 1 saturated heterocycles. The van der Waals surface area contributed by atoms with Gasteiger partial charge in [0.15, 0.2) is 0 Å². The molecule has 1 amide bonds. The Morgan fingerprint density at radius 3 is 2.68 bits per heavy atom. The Balaban J connectivity index is 1.69. The number of hydroxylamine groups is 2. The average molecular weight is 300 g/mol. The summed E-state index contributed by atoms with van der Waals surface area (Å²) in [6.45, 7) is 4.05. The molecule has 3 rings (SSSR count). The highest BCUT2D eigenvalue weighted by Gasteiger charge is 2.18. The molecule has 116 valence electrons. The molecule has 5 nitrogen and oxygen atoms in total. The third-order valence-electron chi connectivity index (χ3n) is 3.99. The molecule has 0 atom stereocenters. The van der Waals surface area contributed by atoms with E-state index in [1.807, 2.05) is 36.4 Å². The van der Waals surface area contributed by atoms with Crippen molar-refractivity contribution in [3.05, 3.63) is 48.0 Å². The van der Waals surface area contributed by atoms with Crippen molar-refractivity contribution in [2.24, 2.45) is 0 Å². The van der Waals surface area contributed by atoms with E-state index < -0.39 is 0 Å². The first-order valence-electron chi connectivity index (χ1n) is 7.54. The van der Waals surface area contributed by atoms with E-state index in [4.69, 9.17) is 4.74 Å². The zero-order chi connectivity index (χ0) is 15.4. The normalized spacial score (nSPS) is 15.9. The number of ether oxygens (including phenoxy) is 1. The Morgan fingerprint density at radius 2 is 1.86 bits per heavy atom. The van der Waals surface area contributed by atoms with Gasteiger partial charge in [-0.05, 0) is 16.8 Å². The summed E-state index contributed by atoms with van der Waals surface area (Å²) in [5, 5.41) is 12.8. The van der Waals surface area contributed by atoms with E-state index in [1.54, 1.807) is 6.07 Å². The zero-order valence-electron chi connectivity index (χ0n) is 12.4. The van der Waals surface area contributed by atoms with Gasteiger partial charge in [-0.15, -0.1) is 0 Å². The van der Waals surface area contributed by atoms with Gasteiger partial charge >= 0.3 is 0 Å². The smallest absolute Gasteiger partial charge is 0.277 e. The van der Waals surface area contributed by atoms with Crippen molar-refractivity contribution in [1.82, 2.24) is 9.96 Å². The van der Waals surface area contributed by atoms with Crippen molar-refractivity contribution < 1.29 is 14.7 Å². The molecule has 0 bridgehead atoms. The lowest BCUT2D eigenvalue weighted by molar-refractivity contribution is -0.0662. The quantitative estimate of drug-likeness (QED) is 0.693. The van der Waals surface area contributed by atoms with Gasteiger partial charge in [-0.2, -0.15) is 0 Å². The van der Waals surface area contributed by atoms with Gasteiger partial charge in [0.1, 0.15) is 0 Å². The van der Waals surface area contributed by atoms with E-state index in [0.29, 0.717) is 31.9 Å². The van der Waals surface area contributed by atoms with Crippen molar-refractivity contribution in [2.45, 2.75) is 0 Å². The second kappa shape index (κ2) is 6.87. The predicted molar refractivity (Wildman–Crippen MR) is 84.0 cm³/mol. The maximum atomic E-state index is 12.5. The number of nitrogens with zero attached hydrogens (tertiary/aromatic N) is 2. The van der Waals surface area contributed by atoms with E-state index in [2.05, 4.69) is 4.90 Å². The standard InChI is InChI=1S/C17H20N2O3/c20-17(19(21)9-8-18-10-12-22-13-11-18)16-7-3-5-14-4-1-2-6-15(14)16/h1-7,21H,8-13H2. The second-order valence-corrected chi connectivity index (χ2v) is 5.41. The summed E-state index contributed by atoms with van der Waals surface area (Å²) < 4.78 is 5.29. The minimum absolute atomic E-state index is 0.294. The molecule has 2 aromatic carbocycles. The molecule has 1 heterocycles. The van der Waals surface area contributed by atoms with Crippen molar-refractivity contribution >= 4 is 16.7 Å². The molecule has 1 fully saturated rings. The van der Waals surface area contributed by atoms with Crippen LogP contribution in [0.5, 0.6) is 0 Å². The first-order valence-corrected chi connectivity index (χ1v) is 7.54. The lowest BCUT2D eigenvalue weighted by Crippen LogP contribution is -2.42. The van der Waals surface area contributed by atoms with Gasteiger partial charge in [-0.25, -0.2) is 5.06 Å². The molecule has 0 saturated carbocycles. The number of amides is 1. The number of benzene rings is 2. The summed E-state index contributed by atoms with van der Waals surface area (Å²) in [5.41, 5.74) is 0.530. The van der Waals surface area contributed by atoms with Crippen LogP contribution in [0.3, 0.4) is 0 Å². The van der Waals surface area contributed by atoms with Crippen LogP contribution in [0.1, 0.15) is 10.4 Å². The van der Waals surface area contributed by atoms with Gasteiger partial charge < -0.3 is 4.74 Å². The molecule has 0 unspecified atom stereocenters. The maximum absolute atomic E-state index is 12.5. The summed E-state index contributed by atoms with van der Waals surface area (Å²) in [4.78, 5) is 14.6. The van der Waals surface area contributed by atoms with Crippen molar-refractivity contribution in [1.29, 1.82) is 0 Å². The SMILES string of the molecule is O=C(c1cccc2ccccc12)N(O)CCN1CCOCC1. The van der Waals surface area contributed by atoms with Crippen LogP contribution in [-0.2, 0) is 4.74 Å². The van der Waals surface area contributed by atoms with Gasteiger partial charge in [0.05, 0.1) is 19.8 Å². The Kier molecular flexibility index (Phi) is 4.68. The third-order valence-corrected chi connectivity index (χ3v) is 3.99. The van der Waals surface area contributed by atoms with E-state index >= 15 is 0 Å². The molecule has 1 aliphatic heterocycles. The van der Waals surface area contributed by atoms with Gasteiger partial charge in [-0.1, -0.05) is 36.4 Å². The highest BCUT2D eigenvalue weighted by molar-refractivity contribution is 6.06. The van der Waals surface area contributed by atoms with Gasteiger partial charge in [-0.3, -0.25) is 14.9 Å². The molecule has 0 spiro atoms. The van der Waals surface area contributed by atoms with Gasteiger partial charge in [0.25, 0.3) is 5.91 Å². The van der Waals surface area contributed by atoms with Crippen LogP contribution >= 0.6 is 0 Å². The second-order valence-electron chi connectivity index (χ2n) is 5.41. The van der Waals surface area contributed by atoms with E-state index in [9.17, 15) is 10.0 Å². The Hall–Kier alpha value is -1.95. The molecule has 0 aliphatic carbocycles. The molecule has 5 heteroatoms. The summed E-state index contributed by atoms with van der Waals surface area (Å²) in [7, 11) is 0. The molecular weight excluding hydrogens is 280 g/mol. The lowest BCUT2D eigenvalue weighted by Gasteiger charge is -2.28. The van der Waals surface area contributed by atoms with Gasteiger partial charge in [0, 0.05) is 25.2 Å². The molecule has 22 heavy (non-hydrogen) atoms. The van der Waals surface area contributed by atoms with Crippen LogP contribution in [0.2, 0.25) is 0 Å².